The van der Waals surface area contributed by atoms with Crippen LogP contribution in [0.2, 0.25) is 0 Å². The summed E-state index contributed by atoms with van der Waals surface area (Å²) >= 11 is 5.57. The number of hydrogen-bond acceptors (Lipinski definition) is 1. The standard InChI is InChI=1S/C10H16ClNO/c11-6-5-10(13)12-7-8-1-3-9(12)4-2-8/h8-9H,1-7H2. The van der Waals surface area contributed by atoms with Gasteiger partial charge in [-0.3, -0.25) is 4.79 Å². The Kier molecular flexibility index (Phi) is 2.77. The Labute approximate surface area is 84.2 Å². The lowest BCUT2D eigenvalue weighted by Gasteiger charge is -2.45. The summed E-state index contributed by atoms with van der Waals surface area (Å²) in [6.07, 6.45) is 5.62. The first kappa shape index (κ1) is 9.32. The second-order valence-corrected chi connectivity index (χ2v) is 4.54. The van der Waals surface area contributed by atoms with Crippen molar-refractivity contribution in [2.24, 2.45) is 5.92 Å². The third-order valence-corrected chi connectivity index (χ3v) is 3.53. The van der Waals surface area contributed by atoms with Crippen molar-refractivity contribution in [2.45, 2.75) is 38.1 Å². The van der Waals surface area contributed by atoms with Crippen molar-refractivity contribution in [3.8, 4) is 0 Å². The van der Waals surface area contributed by atoms with Gasteiger partial charge in [0.25, 0.3) is 0 Å². The molecule has 3 aliphatic rings. The number of hydrogen-bond donors (Lipinski definition) is 0. The highest BCUT2D eigenvalue weighted by Crippen LogP contribution is 2.34. The summed E-state index contributed by atoms with van der Waals surface area (Å²) in [5.41, 5.74) is 0. The van der Waals surface area contributed by atoms with Gasteiger partial charge in [0.1, 0.15) is 0 Å². The van der Waals surface area contributed by atoms with Crippen LogP contribution in [0.1, 0.15) is 32.1 Å². The topological polar surface area (TPSA) is 20.3 Å². The molecule has 3 heteroatoms. The zero-order valence-corrected chi connectivity index (χ0v) is 8.59. The first-order valence-corrected chi connectivity index (χ1v) is 5.70. The molecule has 2 nitrogen and oxygen atoms in total. The number of fused-ring (bicyclic) bond motifs is 3. The highest BCUT2D eigenvalue weighted by atomic mass is 35.5. The summed E-state index contributed by atoms with van der Waals surface area (Å²) in [4.78, 5) is 13.7. The van der Waals surface area contributed by atoms with Gasteiger partial charge < -0.3 is 4.90 Å². The van der Waals surface area contributed by atoms with E-state index >= 15 is 0 Å². The van der Waals surface area contributed by atoms with E-state index in [1.807, 2.05) is 0 Å². The Morgan fingerprint density at radius 1 is 1.31 bits per heavy atom. The van der Waals surface area contributed by atoms with Crippen LogP contribution in [-0.4, -0.2) is 29.3 Å². The summed E-state index contributed by atoms with van der Waals surface area (Å²) < 4.78 is 0. The zero-order valence-electron chi connectivity index (χ0n) is 7.84. The molecule has 13 heavy (non-hydrogen) atoms. The zero-order chi connectivity index (χ0) is 9.26. The van der Waals surface area contributed by atoms with E-state index in [1.165, 1.54) is 25.7 Å². The first-order valence-electron chi connectivity index (χ1n) is 5.16. The maximum Gasteiger partial charge on any atom is 0.224 e. The Hall–Kier alpha value is -0.240. The van der Waals surface area contributed by atoms with Gasteiger partial charge in [0.2, 0.25) is 5.91 Å². The van der Waals surface area contributed by atoms with E-state index < -0.39 is 0 Å². The Morgan fingerprint density at radius 2 is 2.00 bits per heavy atom. The van der Waals surface area contributed by atoms with Crippen LogP contribution in [0.4, 0.5) is 0 Å². The quantitative estimate of drug-likeness (QED) is 0.626. The van der Waals surface area contributed by atoms with E-state index in [-0.39, 0.29) is 5.91 Å². The number of amides is 1. The van der Waals surface area contributed by atoms with E-state index in [1.54, 1.807) is 0 Å². The van der Waals surface area contributed by atoms with Crippen LogP contribution in [0.5, 0.6) is 0 Å². The van der Waals surface area contributed by atoms with Crippen molar-refractivity contribution in [2.75, 3.05) is 12.4 Å². The van der Waals surface area contributed by atoms with Crippen LogP contribution >= 0.6 is 11.6 Å². The average Bonchev–Trinajstić information content (AvgIpc) is 2.20. The molecule has 0 aromatic heterocycles. The molecule has 1 saturated carbocycles. The van der Waals surface area contributed by atoms with Crippen LogP contribution in [0.3, 0.4) is 0 Å². The number of carbonyl (C=O) groups is 1. The van der Waals surface area contributed by atoms with Crippen molar-refractivity contribution in [1.29, 1.82) is 0 Å². The third-order valence-electron chi connectivity index (χ3n) is 3.34. The summed E-state index contributed by atoms with van der Waals surface area (Å²) in [6, 6.07) is 0.542. The van der Waals surface area contributed by atoms with Crippen molar-refractivity contribution in [3.63, 3.8) is 0 Å². The minimum absolute atomic E-state index is 0.268. The molecule has 1 aliphatic carbocycles. The van der Waals surface area contributed by atoms with E-state index in [0.717, 1.165) is 12.5 Å². The smallest absolute Gasteiger partial charge is 0.224 e. The maximum absolute atomic E-state index is 11.6. The van der Waals surface area contributed by atoms with Crippen molar-refractivity contribution in [3.05, 3.63) is 0 Å². The number of rotatable bonds is 2. The van der Waals surface area contributed by atoms with Gasteiger partial charge in [-0.1, -0.05) is 0 Å². The molecular weight excluding hydrogens is 186 g/mol. The molecule has 2 aliphatic heterocycles. The van der Waals surface area contributed by atoms with Gasteiger partial charge in [-0.25, -0.2) is 0 Å². The minimum Gasteiger partial charge on any atom is -0.339 e. The van der Waals surface area contributed by atoms with Gasteiger partial charge >= 0.3 is 0 Å². The molecule has 2 saturated heterocycles. The largest absolute Gasteiger partial charge is 0.339 e. The van der Waals surface area contributed by atoms with Crippen LogP contribution < -0.4 is 0 Å². The second kappa shape index (κ2) is 3.87. The molecular formula is C10H16ClNO. The van der Waals surface area contributed by atoms with Gasteiger partial charge in [-0.2, -0.15) is 0 Å². The van der Waals surface area contributed by atoms with Gasteiger partial charge in [-0.15, -0.1) is 11.6 Å². The van der Waals surface area contributed by atoms with E-state index in [9.17, 15) is 4.79 Å². The molecule has 0 unspecified atom stereocenters. The Morgan fingerprint density at radius 3 is 2.46 bits per heavy atom. The fourth-order valence-corrected chi connectivity index (χ4v) is 2.76. The fourth-order valence-electron chi connectivity index (χ4n) is 2.60. The van der Waals surface area contributed by atoms with Crippen molar-refractivity contribution >= 4 is 17.5 Å². The predicted molar refractivity (Wildman–Crippen MR) is 52.8 cm³/mol. The summed E-state index contributed by atoms with van der Waals surface area (Å²) in [6.45, 7) is 1.00. The average molecular weight is 202 g/mol. The van der Waals surface area contributed by atoms with Gasteiger partial charge in [-0.05, 0) is 31.6 Å². The van der Waals surface area contributed by atoms with Gasteiger partial charge in [0.15, 0.2) is 0 Å². The minimum atomic E-state index is 0.268. The molecule has 0 radical (unpaired) electrons. The molecule has 3 fully saturated rings. The number of alkyl halides is 1. The normalized spacial score (nSPS) is 32.2. The summed E-state index contributed by atoms with van der Waals surface area (Å²) in [5, 5.41) is 0. The molecule has 0 spiro atoms. The highest BCUT2D eigenvalue weighted by molar-refractivity contribution is 6.18. The summed E-state index contributed by atoms with van der Waals surface area (Å²) in [7, 11) is 0. The number of nitrogens with zero attached hydrogens (tertiary/aromatic N) is 1. The first-order chi connectivity index (χ1) is 6.31. The third kappa shape index (κ3) is 1.83. The van der Waals surface area contributed by atoms with E-state index in [0.29, 0.717) is 18.3 Å². The highest BCUT2D eigenvalue weighted by Gasteiger charge is 2.35. The molecule has 74 valence electrons. The number of carbonyl (C=O) groups excluding carboxylic acids is 1. The van der Waals surface area contributed by atoms with E-state index in [4.69, 9.17) is 11.6 Å². The van der Waals surface area contributed by atoms with Crippen LogP contribution in [-0.2, 0) is 4.79 Å². The lowest BCUT2D eigenvalue weighted by atomic mass is 9.80. The fraction of sp³-hybridized carbons (Fsp3) is 0.900. The lowest BCUT2D eigenvalue weighted by molar-refractivity contribution is -0.138. The van der Waals surface area contributed by atoms with Crippen molar-refractivity contribution < 1.29 is 4.79 Å². The van der Waals surface area contributed by atoms with Crippen LogP contribution in [0.15, 0.2) is 0 Å². The Balaban J connectivity index is 1.96. The molecule has 0 N–H and O–H groups in total. The van der Waals surface area contributed by atoms with Gasteiger partial charge in [0, 0.05) is 24.9 Å². The monoisotopic (exact) mass is 201 g/mol. The molecule has 2 bridgehead atoms. The predicted octanol–water partition coefficient (Wildman–Crippen LogP) is 2.02. The van der Waals surface area contributed by atoms with Crippen LogP contribution in [0, 0.1) is 5.92 Å². The second-order valence-electron chi connectivity index (χ2n) is 4.16. The van der Waals surface area contributed by atoms with E-state index in [2.05, 4.69) is 4.90 Å². The van der Waals surface area contributed by atoms with Crippen LogP contribution in [0.25, 0.3) is 0 Å². The number of halogens is 1. The maximum atomic E-state index is 11.6. The summed E-state index contributed by atoms with van der Waals surface area (Å²) in [5.74, 6) is 1.51. The molecule has 1 amide bonds. The molecule has 0 atom stereocenters. The molecule has 0 aromatic rings. The SMILES string of the molecule is O=C(CCCl)N1CC2CCC1CC2. The molecule has 3 rings (SSSR count). The Bertz CT molecular complexity index is 199. The van der Waals surface area contributed by atoms with Crippen molar-refractivity contribution in [1.82, 2.24) is 4.90 Å². The number of piperidine rings is 2. The lowest BCUT2D eigenvalue weighted by Crippen LogP contribution is -2.50. The van der Waals surface area contributed by atoms with Gasteiger partial charge in [0.05, 0.1) is 0 Å². The molecule has 0 aromatic carbocycles. The molecule has 2 heterocycles.